The smallest absolute Gasteiger partial charge is 0.335 e. The van der Waals surface area contributed by atoms with E-state index in [4.69, 9.17) is 0 Å². The standard InChI is InChI=1S/C17H13NO4/c19-17(20)13-5-9-1-3-11-7-14(18(21)22)8-12-4-2-10(6-13)15(9)16(11)12/h5-8H,1-4H2,(H,19,20). The van der Waals surface area contributed by atoms with Gasteiger partial charge in [-0.05, 0) is 71.2 Å². The van der Waals surface area contributed by atoms with Gasteiger partial charge >= 0.3 is 5.97 Å². The quantitative estimate of drug-likeness (QED) is 0.681. The van der Waals surface area contributed by atoms with Crippen molar-refractivity contribution < 1.29 is 14.8 Å². The molecule has 110 valence electrons. The van der Waals surface area contributed by atoms with E-state index in [9.17, 15) is 20.0 Å². The first-order chi connectivity index (χ1) is 10.5. The molecule has 5 nitrogen and oxygen atoms in total. The molecule has 0 spiro atoms. The van der Waals surface area contributed by atoms with Gasteiger partial charge in [-0.25, -0.2) is 4.79 Å². The summed E-state index contributed by atoms with van der Waals surface area (Å²) < 4.78 is 0. The number of hydrogen-bond acceptors (Lipinski definition) is 3. The molecule has 0 atom stereocenters. The average molecular weight is 295 g/mol. The van der Waals surface area contributed by atoms with Crippen LogP contribution in [0, 0.1) is 10.1 Å². The molecule has 0 unspecified atom stereocenters. The van der Waals surface area contributed by atoms with Gasteiger partial charge in [0.2, 0.25) is 0 Å². The zero-order chi connectivity index (χ0) is 15.4. The second-order valence-corrected chi connectivity index (χ2v) is 5.87. The zero-order valence-electron chi connectivity index (χ0n) is 11.8. The molecule has 0 heterocycles. The normalized spacial score (nSPS) is 14.4. The summed E-state index contributed by atoms with van der Waals surface area (Å²) in [7, 11) is 0. The highest BCUT2D eigenvalue weighted by molar-refractivity contribution is 5.91. The van der Waals surface area contributed by atoms with E-state index in [1.807, 2.05) is 0 Å². The van der Waals surface area contributed by atoms with Gasteiger partial charge in [0.1, 0.15) is 0 Å². The highest BCUT2D eigenvalue weighted by Gasteiger charge is 2.29. The first-order valence-corrected chi connectivity index (χ1v) is 7.24. The van der Waals surface area contributed by atoms with Crippen LogP contribution in [0.2, 0.25) is 0 Å². The molecule has 0 saturated carbocycles. The van der Waals surface area contributed by atoms with Gasteiger partial charge in [-0.2, -0.15) is 0 Å². The Kier molecular flexibility index (Phi) is 2.60. The van der Waals surface area contributed by atoms with Gasteiger partial charge in [0.25, 0.3) is 5.69 Å². The van der Waals surface area contributed by atoms with Crippen molar-refractivity contribution in [2.75, 3.05) is 0 Å². The van der Waals surface area contributed by atoms with Crippen LogP contribution in [-0.4, -0.2) is 16.0 Å². The molecule has 0 radical (unpaired) electrons. The number of nitro benzene ring substituents is 1. The second-order valence-electron chi connectivity index (χ2n) is 5.87. The molecular formula is C17H13NO4. The van der Waals surface area contributed by atoms with E-state index < -0.39 is 5.97 Å². The van der Waals surface area contributed by atoms with Gasteiger partial charge < -0.3 is 5.11 Å². The molecule has 5 heteroatoms. The Morgan fingerprint density at radius 2 is 1.32 bits per heavy atom. The van der Waals surface area contributed by atoms with Crippen LogP contribution in [0.3, 0.4) is 0 Å². The Morgan fingerprint density at radius 3 is 1.68 bits per heavy atom. The van der Waals surface area contributed by atoms with Crippen LogP contribution in [0.5, 0.6) is 0 Å². The van der Waals surface area contributed by atoms with Crippen LogP contribution in [0.15, 0.2) is 24.3 Å². The van der Waals surface area contributed by atoms with Gasteiger partial charge in [-0.1, -0.05) is 0 Å². The van der Waals surface area contributed by atoms with E-state index in [-0.39, 0.29) is 10.6 Å². The number of nitro groups is 1. The fraction of sp³-hybridized carbons (Fsp3) is 0.235. The summed E-state index contributed by atoms with van der Waals surface area (Å²) in [6, 6.07) is 6.84. The molecule has 0 bridgehead atoms. The third-order valence-corrected chi connectivity index (χ3v) is 4.62. The van der Waals surface area contributed by atoms with Gasteiger partial charge in [-0.3, -0.25) is 10.1 Å². The van der Waals surface area contributed by atoms with Crippen molar-refractivity contribution in [2.24, 2.45) is 0 Å². The minimum absolute atomic E-state index is 0.155. The van der Waals surface area contributed by atoms with Crippen molar-refractivity contribution in [1.82, 2.24) is 0 Å². The molecule has 2 aliphatic carbocycles. The third kappa shape index (κ3) is 1.75. The summed E-state index contributed by atoms with van der Waals surface area (Å²) in [4.78, 5) is 22.0. The molecule has 1 N–H and O–H groups in total. The summed E-state index contributed by atoms with van der Waals surface area (Å²) in [6.45, 7) is 0. The van der Waals surface area contributed by atoms with Crippen LogP contribution >= 0.6 is 0 Å². The molecule has 0 aromatic heterocycles. The summed E-state index contributed by atoms with van der Waals surface area (Å²) in [6.07, 6.45) is 2.91. The number of benzene rings is 2. The number of carboxylic acids is 1. The predicted octanol–water partition coefficient (Wildman–Crippen LogP) is 3.16. The minimum Gasteiger partial charge on any atom is -0.478 e. The van der Waals surface area contributed by atoms with E-state index >= 15 is 0 Å². The van der Waals surface area contributed by atoms with Gasteiger partial charge in [0.05, 0.1) is 10.5 Å². The fourth-order valence-electron chi connectivity index (χ4n) is 3.72. The maximum Gasteiger partial charge on any atom is 0.335 e. The average Bonchev–Trinajstić information content (AvgIpc) is 2.51. The number of non-ortho nitro benzene ring substituents is 1. The third-order valence-electron chi connectivity index (χ3n) is 4.62. The first kappa shape index (κ1) is 13.0. The van der Waals surface area contributed by atoms with Crippen molar-refractivity contribution in [1.29, 1.82) is 0 Å². The second kappa shape index (κ2) is 4.40. The predicted molar refractivity (Wildman–Crippen MR) is 80.3 cm³/mol. The number of rotatable bonds is 2. The molecule has 0 fully saturated rings. The van der Waals surface area contributed by atoms with Crippen molar-refractivity contribution in [3.8, 4) is 11.1 Å². The van der Waals surface area contributed by atoms with E-state index in [1.54, 1.807) is 24.3 Å². The summed E-state index contributed by atoms with van der Waals surface area (Å²) in [5.41, 5.74) is 6.84. The van der Waals surface area contributed by atoms with Crippen LogP contribution in [0.4, 0.5) is 5.69 Å². The number of nitrogens with zero attached hydrogens (tertiary/aromatic N) is 1. The molecule has 4 rings (SSSR count). The van der Waals surface area contributed by atoms with Crippen molar-refractivity contribution in [3.63, 3.8) is 0 Å². The fourth-order valence-corrected chi connectivity index (χ4v) is 3.72. The SMILES string of the molecule is O=C(O)c1cc2c3c(c1)CCc1cc([N+](=O)[O-])cc(c1-3)CC2. The number of carbonyl (C=O) groups is 1. The van der Waals surface area contributed by atoms with Gasteiger partial charge in [0, 0.05) is 12.1 Å². The van der Waals surface area contributed by atoms with E-state index in [1.165, 1.54) is 0 Å². The van der Waals surface area contributed by atoms with E-state index in [2.05, 4.69) is 0 Å². The Bertz CT molecular complexity index is 732. The molecule has 22 heavy (non-hydrogen) atoms. The lowest BCUT2D eigenvalue weighted by Gasteiger charge is -2.29. The Hall–Kier alpha value is -2.69. The highest BCUT2D eigenvalue weighted by atomic mass is 16.6. The number of carboxylic acid groups (broad SMARTS) is 1. The molecule has 0 saturated heterocycles. The molecule has 0 amide bonds. The summed E-state index contributed by atoms with van der Waals surface area (Å²) in [5.74, 6) is -0.903. The van der Waals surface area contributed by atoms with Gasteiger partial charge in [-0.15, -0.1) is 0 Å². The summed E-state index contributed by atoms with van der Waals surface area (Å²) in [5, 5.41) is 20.3. The minimum atomic E-state index is -0.903. The van der Waals surface area contributed by atoms with Crippen LogP contribution in [-0.2, 0) is 25.7 Å². The number of aromatic carboxylic acids is 1. The Morgan fingerprint density at radius 1 is 0.909 bits per heavy atom. The monoisotopic (exact) mass is 295 g/mol. The molecule has 2 aromatic rings. The summed E-state index contributed by atoms with van der Waals surface area (Å²) >= 11 is 0. The maximum absolute atomic E-state index is 11.3. The zero-order valence-corrected chi connectivity index (χ0v) is 11.8. The van der Waals surface area contributed by atoms with Crippen LogP contribution in [0.1, 0.15) is 32.6 Å². The lowest BCUT2D eigenvalue weighted by atomic mass is 9.74. The molecule has 2 aromatic carbocycles. The molecular weight excluding hydrogens is 282 g/mol. The van der Waals surface area contributed by atoms with Crippen LogP contribution in [0.25, 0.3) is 11.1 Å². The molecule has 2 aliphatic rings. The van der Waals surface area contributed by atoms with Gasteiger partial charge in [0.15, 0.2) is 0 Å². The topological polar surface area (TPSA) is 80.4 Å². The van der Waals surface area contributed by atoms with E-state index in [0.717, 1.165) is 59.1 Å². The van der Waals surface area contributed by atoms with Crippen molar-refractivity contribution >= 4 is 11.7 Å². The highest BCUT2D eigenvalue weighted by Crippen LogP contribution is 2.44. The Labute approximate surface area is 126 Å². The van der Waals surface area contributed by atoms with Crippen molar-refractivity contribution in [3.05, 3.63) is 62.2 Å². The number of aryl methyl sites for hydroxylation is 4. The lowest BCUT2D eigenvalue weighted by Crippen LogP contribution is -2.16. The van der Waals surface area contributed by atoms with Crippen LogP contribution < -0.4 is 0 Å². The number of hydrogen-bond donors (Lipinski definition) is 1. The Balaban J connectivity index is 1.99. The van der Waals surface area contributed by atoms with Crippen molar-refractivity contribution in [2.45, 2.75) is 25.7 Å². The first-order valence-electron chi connectivity index (χ1n) is 7.24. The lowest BCUT2D eigenvalue weighted by molar-refractivity contribution is -0.385. The maximum atomic E-state index is 11.3. The molecule has 0 aliphatic heterocycles. The van der Waals surface area contributed by atoms with E-state index in [0.29, 0.717) is 5.56 Å². The largest absolute Gasteiger partial charge is 0.478 e.